The average molecular weight is 272 g/mol. The third-order valence-corrected chi connectivity index (χ3v) is 3.23. The highest BCUT2D eigenvalue weighted by Crippen LogP contribution is 2.17. The minimum absolute atomic E-state index is 0.669. The van der Waals surface area contributed by atoms with Gasteiger partial charge in [0.05, 0.1) is 17.9 Å². The van der Waals surface area contributed by atoms with Crippen LogP contribution in [0.4, 0.5) is 0 Å². The molecule has 3 nitrogen and oxygen atoms in total. The molecule has 2 rings (SSSR count). The van der Waals surface area contributed by atoms with Crippen LogP contribution in [0.15, 0.2) is 36.7 Å². The lowest BCUT2D eigenvalue weighted by atomic mass is 10.0. The smallest absolute Gasteiger partial charge is 0.101 e. The molecule has 2 aromatic heterocycles. The molecule has 0 spiro atoms. The zero-order chi connectivity index (χ0) is 14.8. The van der Waals surface area contributed by atoms with Crippen molar-refractivity contribution in [3.05, 3.63) is 53.6 Å². The van der Waals surface area contributed by atoms with Gasteiger partial charge in [0, 0.05) is 12.4 Å². The molecular formula is C17H24N2O. The summed E-state index contributed by atoms with van der Waals surface area (Å²) in [5, 5.41) is 10.0. The summed E-state index contributed by atoms with van der Waals surface area (Å²) in [7, 11) is 0. The number of aromatic nitrogens is 2. The summed E-state index contributed by atoms with van der Waals surface area (Å²) in [5.74, 6) is 0.669. The molecule has 0 saturated carbocycles. The molecule has 0 aromatic carbocycles. The van der Waals surface area contributed by atoms with Gasteiger partial charge in [0.2, 0.25) is 0 Å². The first-order valence-corrected chi connectivity index (χ1v) is 7.18. The van der Waals surface area contributed by atoms with Crippen molar-refractivity contribution in [1.82, 2.24) is 9.55 Å². The van der Waals surface area contributed by atoms with E-state index in [9.17, 15) is 5.11 Å². The Morgan fingerprint density at radius 3 is 2.65 bits per heavy atom. The molecule has 3 heteroatoms. The van der Waals surface area contributed by atoms with Gasteiger partial charge >= 0.3 is 0 Å². The molecule has 0 aliphatic carbocycles. The van der Waals surface area contributed by atoms with Crippen molar-refractivity contribution in [3.63, 3.8) is 0 Å². The number of hydrogen-bond acceptors (Lipinski definition) is 2. The van der Waals surface area contributed by atoms with Crippen LogP contribution >= 0.6 is 0 Å². The molecule has 2 aromatic rings. The Bertz CT molecular complexity index is 564. The number of rotatable bonds is 5. The van der Waals surface area contributed by atoms with Gasteiger partial charge in [-0.2, -0.15) is 0 Å². The van der Waals surface area contributed by atoms with Gasteiger partial charge < -0.3 is 9.67 Å². The third kappa shape index (κ3) is 3.94. The van der Waals surface area contributed by atoms with Crippen LogP contribution in [-0.4, -0.2) is 14.7 Å². The first-order valence-electron chi connectivity index (χ1n) is 7.18. The van der Waals surface area contributed by atoms with Crippen molar-refractivity contribution in [3.8, 4) is 0 Å². The van der Waals surface area contributed by atoms with Crippen LogP contribution in [0.2, 0.25) is 0 Å². The second-order valence-electron chi connectivity index (χ2n) is 6.36. The van der Waals surface area contributed by atoms with Crippen LogP contribution in [0.5, 0.6) is 0 Å². The van der Waals surface area contributed by atoms with E-state index in [-0.39, 0.29) is 0 Å². The van der Waals surface area contributed by atoms with E-state index in [1.54, 1.807) is 13.8 Å². The van der Waals surface area contributed by atoms with Gasteiger partial charge in [-0.25, -0.2) is 0 Å². The van der Waals surface area contributed by atoms with Crippen molar-refractivity contribution in [2.24, 2.45) is 5.92 Å². The second-order valence-corrected chi connectivity index (χ2v) is 6.36. The third-order valence-electron chi connectivity index (χ3n) is 3.23. The molecular weight excluding hydrogens is 248 g/mol. The Balaban J connectivity index is 2.12. The van der Waals surface area contributed by atoms with Crippen molar-refractivity contribution in [2.75, 3.05) is 0 Å². The molecule has 0 fully saturated rings. The summed E-state index contributed by atoms with van der Waals surface area (Å²) in [5.41, 5.74) is 2.15. The van der Waals surface area contributed by atoms with E-state index in [1.165, 1.54) is 5.56 Å². The van der Waals surface area contributed by atoms with Crippen molar-refractivity contribution in [1.29, 1.82) is 0 Å². The average Bonchev–Trinajstić information content (AvgIpc) is 2.75. The molecule has 1 N–H and O–H groups in total. The topological polar surface area (TPSA) is 38.0 Å². The molecule has 0 aliphatic heterocycles. The summed E-state index contributed by atoms with van der Waals surface area (Å²) in [6.07, 6.45) is 5.37. The Morgan fingerprint density at radius 2 is 2.00 bits per heavy atom. The highest BCUT2D eigenvalue weighted by Gasteiger charge is 2.17. The number of hydrogen-bond donors (Lipinski definition) is 1. The minimum Gasteiger partial charge on any atom is -0.384 e. The highest BCUT2D eigenvalue weighted by molar-refractivity contribution is 5.17. The molecule has 20 heavy (non-hydrogen) atoms. The van der Waals surface area contributed by atoms with Crippen LogP contribution in [-0.2, 0) is 18.6 Å². The molecule has 0 aliphatic rings. The van der Waals surface area contributed by atoms with E-state index in [4.69, 9.17) is 0 Å². The van der Waals surface area contributed by atoms with Gasteiger partial charge in [-0.15, -0.1) is 0 Å². The first kappa shape index (κ1) is 14.8. The summed E-state index contributed by atoms with van der Waals surface area (Å²) >= 11 is 0. The fourth-order valence-corrected chi connectivity index (χ4v) is 2.28. The Kier molecular flexibility index (Phi) is 4.29. The first-order chi connectivity index (χ1) is 9.34. The van der Waals surface area contributed by atoms with Gasteiger partial charge in [-0.05, 0) is 49.9 Å². The van der Waals surface area contributed by atoms with Crippen LogP contribution in [0.1, 0.15) is 44.6 Å². The number of nitrogens with zero attached hydrogens (tertiary/aromatic N) is 2. The Labute approximate surface area is 121 Å². The molecule has 108 valence electrons. The van der Waals surface area contributed by atoms with E-state index in [0.717, 1.165) is 18.7 Å². The van der Waals surface area contributed by atoms with Crippen molar-refractivity contribution in [2.45, 2.75) is 46.3 Å². The monoisotopic (exact) mass is 272 g/mol. The lowest BCUT2D eigenvalue weighted by Gasteiger charge is -2.17. The van der Waals surface area contributed by atoms with Gasteiger partial charge in [0.1, 0.15) is 5.60 Å². The summed E-state index contributed by atoms with van der Waals surface area (Å²) in [4.78, 5) is 4.54. The Hall–Kier alpha value is -1.61. The highest BCUT2D eigenvalue weighted by atomic mass is 16.3. The predicted molar refractivity (Wildman–Crippen MR) is 81.6 cm³/mol. The standard InChI is InChI=1S/C17H24N2O/c1-13(2)10-14-8-9-19(11-14)12-15-6-5-7-16(18-15)17(3,4)20/h5-9,11,13,20H,10,12H2,1-4H3. The normalized spacial score (nSPS) is 12.1. The second kappa shape index (κ2) is 5.80. The summed E-state index contributed by atoms with van der Waals surface area (Å²) < 4.78 is 2.15. The molecule has 0 unspecified atom stereocenters. The molecule has 0 radical (unpaired) electrons. The van der Waals surface area contributed by atoms with E-state index < -0.39 is 5.60 Å². The quantitative estimate of drug-likeness (QED) is 0.906. The van der Waals surface area contributed by atoms with Crippen LogP contribution in [0.3, 0.4) is 0 Å². The Morgan fingerprint density at radius 1 is 1.25 bits per heavy atom. The molecule has 2 heterocycles. The lowest BCUT2D eigenvalue weighted by Crippen LogP contribution is -2.18. The van der Waals surface area contributed by atoms with Gasteiger partial charge in [0.15, 0.2) is 0 Å². The maximum atomic E-state index is 10.0. The molecule has 0 bridgehead atoms. The zero-order valence-electron chi connectivity index (χ0n) is 12.8. The fourth-order valence-electron chi connectivity index (χ4n) is 2.28. The van der Waals surface area contributed by atoms with E-state index >= 15 is 0 Å². The lowest BCUT2D eigenvalue weighted by molar-refractivity contribution is 0.0736. The van der Waals surface area contributed by atoms with Crippen LogP contribution in [0, 0.1) is 5.92 Å². The van der Waals surface area contributed by atoms with Gasteiger partial charge in [0.25, 0.3) is 0 Å². The van der Waals surface area contributed by atoms with Crippen LogP contribution < -0.4 is 0 Å². The van der Waals surface area contributed by atoms with E-state index in [0.29, 0.717) is 11.6 Å². The fraction of sp³-hybridized carbons (Fsp3) is 0.471. The SMILES string of the molecule is CC(C)Cc1ccn(Cc2cccc(C(C)(C)O)n2)c1. The van der Waals surface area contributed by atoms with Crippen LogP contribution in [0.25, 0.3) is 0 Å². The van der Waals surface area contributed by atoms with Gasteiger partial charge in [-0.1, -0.05) is 19.9 Å². The van der Waals surface area contributed by atoms with E-state index in [1.807, 2.05) is 18.2 Å². The summed E-state index contributed by atoms with van der Waals surface area (Å²) in [6.45, 7) is 8.71. The molecule has 0 amide bonds. The van der Waals surface area contributed by atoms with Crippen molar-refractivity contribution >= 4 is 0 Å². The van der Waals surface area contributed by atoms with E-state index in [2.05, 4.69) is 41.9 Å². The maximum Gasteiger partial charge on any atom is 0.101 e. The molecule has 0 atom stereocenters. The zero-order valence-corrected chi connectivity index (χ0v) is 12.8. The predicted octanol–water partition coefficient (Wildman–Crippen LogP) is 3.36. The number of pyridine rings is 1. The van der Waals surface area contributed by atoms with Crippen molar-refractivity contribution < 1.29 is 5.11 Å². The summed E-state index contributed by atoms with van der Waals surface area (Å²) in [6, 6.07) is 7.98. The minimum atomic E-state index is -0.893. The maximum absolute atomic E-state index is 10.0. The number of aliphatic hydroxyl groups is 1. The molecule has 0 saturated heterocycles. The largest absolute Gasteiger partial charge is 0.384 e. The van der Waals surface area contributed by atoms with Gasteiger partial charge in [-0.3, -0.25) is 4.98 Å².